The Morgan fingerprint density at radius 3 is 2.53 bits per heavy atom. The van der Waals surface area contributed by atoms with E-state index >= 15 is 0 Å². The Balaban J connectivity index is 2.92. The SMILES string of the molecule is CC(Cl)CNS(=O)(=O)c1ccccc1Cl. The predicted octanol–water partition coefficient (Wildman–Crippen LogP) is 2.25. The summed E-state index contributed by atoms with van der Waals surface area (Å²) in [4.78, 5) is 0.0731. The molecule has 0 bridgehead atoms. The minimum atomic E-state index is -3.55. The second-order valence-electron chi connectivity index (χ2n) is 3.06. The van der Waals surface area contributed by atoms with Gasteiger partial charge in [0.15, 0.2) is 0 Å². The maximum absolute atomic E-state index is 11.7. The Morgan fingerprint density at radius 1 is 1.40 bits per heavy atom. The van der Waals surface area contributed by atoms with Gasteiger partial charge in [0.05, 0.1) is 5.02 Å². The van der Waals surface area contributed by atoms with Crippen LogP contribution in [0.25, 0.3) is 0 Å². The van der Waals surface area contributed by atoms with Crippen LogP contribution in [-0.4, -0.2) is 20.3 Å². The van der Waals surface area contributed by atoms with Crippen LogP contribution in [0.3, 0.4) is 0 Å². The van der Waals surface area contributed by atoms with Crippen LogP contribution in [0.2, 0.25) is 5.02 Å². The van der Waals surface area contributed by atoms with Crippen molar-refractivity contribution in [2.75, 3.05) is 6.54 Å². The number of nitrogens with one attached hydrogen (secondary N) is 1. The van der Waals surface area contributed by atoms with Crippen molar-refractivity contribution in [1.82, 2.24) is 4.72 Å². The highest BCUT2D eigenvalue weighted by Crippen LogP contribution is 2.19. The van der Waals surface area contributed by atoms with Crippen molar-refractivity contribution in [3.63, 3.8) is 0 Å². The summed E-state index contributed by atoms with van der Waals surface area (Å²) in [5.74, 6) is 0. The van der Waals surface area contributed by atoms with Crippen LogP contribution in [0.1, 0.15) is 6.92 Å². The molecule has 0 aliphatic heterocycles. The van der Waals surface area contributed by atoms with E-state index in [0.717, 1.165) is 0 Å². The number of hydrogen-bond acceptors (Lipinski definition) is 2. The monoisotopic (exact) mass is 267 g/mol. The molecule has 0 aliphatic rings. The normalized spacial score (nSPS) is 13.8. The molecular weight excluding hydrogens is 257 g/mol. The average Bonchev–Trinajstić information content (AvgIpc) is 2.15. The molecule has 0 saturated carbocycles. The average molecular weight is 268 g/mol. The zero-order valence-electron chi connectivity index (χ0n) is 8.07. The molecule has 15 heavy (non-hydrogen) atoms. The Hall–Kier alpha value is -0.290. The van der Waals surface area contributed by atoms with Crippen LogP contribution in [0, 0.1) is 0 Å². The van der Waals surface area contributed by atoms with Gasteiger partial charge in [-0.25, -0.2) is 13.1 Å². The zero-order valence-corrected chi connectivity index (χ0v) is 10.4. The largest absolute Gasteiger partial charge is 0.242 e. The van der Waals surface area contributed by atoms with Crippen LogP contribution in [0.4, 0.5) is 0 Å². The Bertz CT molecular complexity index is 431. The van der Waals surface area contributed by atoms with Gasteiger partial charge in [-0.3, -0.25) is 0 Å². The van der Waals surface area contributed by atoms with Crippen molar-refractivity contribution < 1.29 is 8.42 Å². The molecular formula is C9H11Cl2NO2S. The van der Waals surface area contributed by atoms with Gasteiger partial charge < -0.3 is 0 Å². The third kappa shape index (κ3) is 3.65. The highest BCUT2D eigenvalue weighted by molar-refractivity contribution is 7.89. The van der Waals surface area contributed by atoms with E-state index in [2.05, 4.69) is 4.72 Å². The first-order chi connectivity index (χ1) is 6.93. The first kappa shape index (κ1) is 12.8. The molecule has 0 saturated heterocycles. The van der Waals surface area contributed by atoms with Crippen molar-refractivity contribution >= 4 is 33.2 Å². The van der Waals surface area contributed by atoms with Crippen molar-refractivity contribution in [3.8, 4) is 0 Å². The molecule has 1 N–H and O–H groups in total. The summed E-state index contributed by atoms with van der Waals surface area (Å²) in [6.07, 6.45) is 0. The summed E-state index contributed by atoms with van der Waals surface area (Å²) in [6, 6.07) is 6.26. The fraction of sp³-hybridized carbons (Fsp3) is 0.333. The third-order valence-electron chi connectivity index (χ3n) is 1.68. The van der Waals surface area contributed by atoms with Gasteiger partial charge in [-0.05, 0) is 19.1 Å². The summed E-state index contributed by atoms with van der Waals surface area (Å²) >= 11 is 11.4. The van der Waals surface area contributed by atoms with E-state index in [1.54, 1.807) is 19.1 Å². The molecule has 0 amide bonds. The summed E-state index contributed by atoms with van der Waals surface area (Å²) in [6.45, 7) is 1.88. The summed E-state index contributed by atoms with van der Waals surface area (Å²) in [5.41, 5.74) is 0. The van der Waals surface area contributed by atoms with Gasteiger partial charge in [0.2, 0.25) is 10.0 Å². The topological polar surface area (TPSA) is 46.2 Å². The molecule has 1 aromatic rings. The van der Waals surface area contributed by atoms with E-state index in [0.29, 0.717) is 0 Å². The Kier molecular flexibility index (Phi) is 4.40. The molecule has 0 radical (unpaired) electrons. The molecule has 0 fully saturated rings. The number of halogens is 2. The highest BCUT2D eigenvalue weighted by Gasteiger charge is 2.17. The maximum Gasteiger partial charge on any atom is 0.242 e. The maximum atomic E-state index is 11.7. The predicted molar refractivity (Wildman–Crippen MR) is 62.0 cm³/mol. The highest BCUT2D eigenvalue weighted by atomic mass is 35.5. The number of benzene rings is 1. The van der Waals surface area contributed by atoms with E-state index in [1.165, 1.54) is 12.1 Å². The van der Waals surface area contributed by atoms with Crippen molar-refractivity contribution in [2.24, 2.45) is 0 Å². The lowest BCUT2D eigenvalue weighted by molar-refractivity contribution is 0.581. The second-order valence-corrected chi connectivity index (χ2v) is 5.95. The Labute approximate surface area is 99.4 Å². The van der Waals surface area contributed by atoms with Gasteiger partial charge in [-0.2, -0.15) is 0 Å². The number of sulfonamides is 1. The van der Waals surface area contributed by atoms with E-state index < -0.39 is 10.0 Å². The van der Waals surface area contributed by atoms with Gasteiger partial charge in [0.1, 0.15) is 4.90 Å². The Morgan fingerprint density at radius 2 is 2.00 bits per heavy atom. The van der Waals surface area contributed by atoms with Crippen molar-refractivity contribution in [1.29, 1.82) is 0 Å². The summed E-state index contributed by atoms with van der Waals surface area (Å²) in [5, 5.41) is -0.0607. The minimum Gasteiger partial charge on any atom is -0.210 e. The van der Waals surface area contributed by atoms with Crippen molar-refractivity contribution in [3.05, 3.63) is 29.3 Å². The summed E-state index contributed by atoms with van der Waals surface area (Å²) < 4.78 is 25.8. The molecule has 3 nitrogen and oxygen atoms in total. The fourth-order valence-electron chi connectivity index (χ4n) is 0.965. The van der Waals surface area contributed by atoms with E-state index in [4.69, 9.17) is 23.2 Å². The number of rotatable bonds is 4. The molecule has 6 heteroatoms. The molecule has 0 heterocycles. The van der Waals surface area contributed by atoms with Crippen LogP contribution >= 0.6 is 23.2 Å². The summed E-state index contributed by atoms with van der Waals surface area (Å²) in [7, 11) is -3.55. The zero-order chi connectivity index (χ0) is 11.5. The molecule has 0 aromatic heterocycles. The van der Waals surface area contributed by atoms with Crippen LogP contribution < -0.4 is 4.72 Å². The smallest absolute Gasteiger partial charge is 0.210 e. The molecule has 0 aliphatic carbocycles. The van der Waals surface area contributed by atoms with Gasteiger partial charge >= 0.3 is 0 Å². The lowest BCUT2D eigenvalue weighted by Gasteiger charge is -2.08. The van der Waals surface area contributed by atoms with Gasteiger partial charge in [-0.1, -0.05) is 23.7 Å². The van der Waals surface area contributed by atoms with Crippen LogP contribution in [-0.2, 0) is 10.0 Å². The van der Waals surface area contributed by atoms with Crippen LogP contribution in [0.15, 0.2) is 29.2 Å². The van der Waals surface area contributed by atoms with E-state index in [-0.39, 0.29) is 21.8 Å². The first-order valence-corrected chi connectivity index (χ1v) is 6.61. The molecule has 0 spiro atoms. The van der Waals surface area contributed by atoms with Gasteiger partial charge in [0, 0.05) is 11.9 Å². The lowest BCUT2D eigenvalue weighted by atomic mass is 10.4. The van der Waals surface area contributed by atoms with Gasteiger partial charge in [0.25, 0.3) is 0 Å². The third-order valence-corrected chi connectivity index (χ3v) is 3.76. The first-order valence-electron chi connectivity index (χ1n) is 4.32. The molecule has 1 rings (SSSR count). The van der Waals surface area contributed by atoms with E-state index in [9.17, 15) is 8.42 Å². The molecule has 1 atom stereocenters. The molecule has 1 aromatic carbocycles. The van der Waals surface area contributed by atoms with E-state index in [1.807, 2.05) is 0 Å². The van der Waals surface area contributed by atoms with Crippen molar-refractivity contribution in [2.45, 2.75) is 17.2 Å². The minimum absolute atomic E-state index is 0.0731. The number of alkyl halides is 1. The second kappa shape index (κ2) is 5.16. The lowest BCUT2D eigenvalue weighted by Crippen LogP contribution is -2.28. The fourth-order valence-corrected chi connectivity index (χ4v) is 2.78. The molecule has 1 unspecified atom stereocenters. The number of hydrogen-bond donors (Lipinski definition) is 1. The standard InChI is InChI=1S/C9H11Cl2NO2S/c1-7(10)6-12-15(13,14)9-5-3-2-4-8(9)11/h2-5,7,12H,6H2,1H3. The molecule has 84 valence electrons. The van der Waals surface area contributed by atoms with Crippen LogP contribution in [0.5, 0.6) is 0 Å². The quantitative estimate of drug-likeness (QED) is 0.851. The van der Waals surface area contributed by atoms with Gasteiger partial charge in [-0.15, -0.1) is 11.6 Å².